The van der Waals surface area contributed by atoms with Crippen molar-refractivity contribution in [2.24, 2.45) is 5.92 Å². The van der Waals surface area contributed by atoms with Gasteiger partial charge in [-0.05, 0) is 75.0 Å². The van der Waals surface area contributed by atoms with Gasteiger partial charge in [-0.25, -0.2) is 4.98 Å². The zero-order valence-corrected chi connectivity index (χ0v) is 18.6. The predicted octanol–water partition coefficient (Wildman–Crippen LogP) is 5.71. The van der Waals surface area contributed by atoms with Crippen molar-refractivity contribution in [1.29, 1.82) is 0 Å². The first-order valence-electron chi connectivity index (χ1n) is 10.8. The molecule has 0 atom stereocenters. The maximum atomic E-state index is 12.8. The van der Waals surface area contributed by atoms with E-state index in [9.17, 15) is 4.79 Å². The second kappa shape index (κ2) is 9.99. The highest BCUT2D eigenvalue weighted by atomic mass is 35.5. The van der Waals surface area contributed by atoms with Crippen LogP contribution in [0.5, 0.6) is 0 Å². The Labute approximate surface area is 188 Å². The molecule has 1 aromatic carbocycles. The largest absolute Gasteiger partial charge is 0.384 e. The maximum Gasteiger partial charge on any atom is 0.258 e. The molecule has 4 rings (SSSR count). The first-order valence-corrected chi connectivity index (χ1v) is 11.5. The molecule has 0 radical (unpaired) electrons. The Morgan fingerprint density at radius 1 is 1.03 bits per heavy atom. The maximum absolute atomic E-state index is 12.8. The number of likely N-dealkylation sites (tertiary alicyclic amines) is 1. The van der Waals surface area contributed by atoms with Crippen LogP contribution >= 0.6 is 23.2 Å². The summed E-state index contributed by atoms with van der Waals surface area (Å²) < 4.78 is 0. The second-order valence-electron chi connectivity index (χ2n) is 8.30. The van der Waals surface area contributed by atoms with Crippen molar-refractivity contribution in [1.82, 2.24) is 9.88 Å². The van der Waals surface area contributed by atoms with Gasteiger partial charge in [0.2, 0.25) is 0 Å². The molecule has 2 aliphatic rings. The van der Waals surface area contributed by atoms with Gasteiger partial charge in [0.15, 0.2) is 0 Å². The van der Waals surface area contributed by atoms with Crippen molar-refractivity contribution < 1.29 is 4.79 Å². The van der Waals surface area contributed by atoms with Gasteiger partial charge in [-0.1, -0.05) is 36.0 Å². The second-order valence-corrected chi connectivity index (χ2v) is 9.18. The van der Waals surface area contributed by atoms with Crippen LogP contribution in [0.25, 0.3) is 0 Å². The van der Waals surface area contributed by atoms with Gasteiger partial charge >= 0.3 is 0 Å². The minimum absolute atomic E-state index is 0.245. The third-order valence-corrected chi connectivity index (χ3v) is 6.73. The van der Waals surface area contributed by atoms with E-state index in [0.717, 1.165) is 18.3 Å². The first-order chi connectivity index (χ1) is 14.6. The fourth-order valence-electron chi connectivity index (χ4n) is 4.54. The summed E-state index contributed by atoms with van der Waals surface area (Å²) in [6, 6.07) is 9.56. The summed E-state index contributed by atoms with van der Waals surface area (Å²) in [5.74, 6) is 0.827. The van der Waals surface area contributed by atoms with Gasteiger partial charge < -0.3 is 15.5 Å². The average molecular weight is 447 g/mol. The number of pyridine rings is 1. The fourth-order valence-corrected chi connectivity index (χ4v) is 4.82. The summed E-state index contributed by atoms with van der Waals surface area (Å²) in [6.45, 7) is 3.24. The van der Waals surface area contributed by atoms with Crippen molar-refractivity contribution in [3.63, 3.8) is 0 Å². The number of rotatable bonds is 6. The molecule has 2 N–H and O–H groups in total. The lowest BCUT2D eigenvalue weighted by Crippen LogP contribution is -2.41. The number of carbonyl (C=O) groups is 1. The van der Waals surface area contributed by atoms with Crippen LogP contribution in [0.15, 0.2) is 36.5 Å². The van der Waals surface area contributed by atoms with Gasteiger partial charge in [-0.15, -0.1) is 0 Å². The van der Waals surface area contributed by atoms with Gasteiger partial charge in [0.1, 0.15) is 5.82 Å². The molecule has 1 saturated carbocycles. The summed E-state index contributed by atoms with van der Waals surface area (Å²) in [4.78, 5) is 19.6. The molecular weight excluding hydrogens is 419 g/mol. The smallest absolute Gasteiger partial charge is 0.258 e. The molecule has 1 saturated heterocycles. The Kier molecular flexibility index (Phi) is 7.13. The first kappa shape index (κ1) is 21.4. The number of nitrogens with one attached hydrogen (secondary N) is 2. The van der Waals surface area contributed by atoms with E-state index in [1.165, 1.54) is 57.8 Å². The molecule has 1 aliphatic carbocycles. The molecule has 1 aromatic heterocycles. The van der Waals surface area contributed by atoms with Gasteiger partial charge in [0.25, 0.3) is 5.91 Å². The minimum atomic E-state index is -0.245. The lowest BCUT2D eigenvalue weighted by Gasteiger charge is -2.36. The molecule has 2 fully saturated rings. The topological polar surface area (TPSA) is 57.3 Å². The molecule has 0 spiro atoms. The molecule has 30 heavy (non-hydrogen) atoms. The van der Waals surface area contributed by atoms with Crippen LogP contribution < -0.4 is 10.6 Å². The SMILES string of the molecule is O=C(Nc1ccc(Cl)cn1)c1cc(Cl)ccc1NCC1CCN(C2CCCC2)CC1. The van der Waals surface area contributed by atoms with Crippen LogP contribution in [0, 0.1) is 5.92 Å². The zero-order valence-electron chi connectivity index (χ0n) is 17.0. The highest BCUT2D eigenvalue weighted by Gasteiger charge is 2.27. The predicted molar refractivity (Wildman–Crippen MR) is 124 cm³/mol. The van der Waals surface area contributed by atoms with Crippen molar-refractivity contribution in [2.75, 3.05) is 30.3 Å². The molecule has 7 heteroatoms. The Morgan fingerprint density at radius 2 is 1.77 bits per heavy atom. The normalized spacial score (nSPS) is 18.5. The Morgan fingerprint density at radius 3 is 2.47 bits per heavy atom. The van der Waals surface area contributed by atoms with Crippen molar-refractivity contribution in [3.8, 4) is 0 Å². The fraction of sp³-hybridized carbons (Fsp3) is 0.478. The summed E-state index contributed by atoms with van der Waals surface area (Å²) in [5.41, 5.74) is 1.31. The molecule has 1 aliphatic heterocycles. The average Bonchev–Trinajstić information content (AvgIpc) is 3.30. The van der Waals surface area contributed by atoms with E-state index in [0.29, 0.717) is 27.3 Å². The Hall–Kier alpha value is -1.82. The van der Waals surface area contributed by atoms with E-state index >= 15 is 0 Å². The number of halogens is 2. The van der Waals surface area contributed by atoms with Crippen molar-refractivity contribution in [2.45, 2.75) is 44.6 Å². The summed E-state index contributed by atoms with van der Waals surface area (Å²) >= 11 is 12.0. The summed E-state index contributed by atoms with van der Waals surface area (Å²) in [5, 5.41) is 7.36. The van der Waals surface area contributed by atoms with Gasteiger partial charge in [-0.3, -0.25) is 4.79 Å². The van der Waals surface area contributed by atoms with Crippen LogP contribution in [0.1, 0.15) is 48.9 Å². The van der Waals surface area contributed by atoms with E-state index < -0.39 is 0 Å². The van der Waals surface area contributed by atoms with Crippen LogP contribution in [0.2, 0.25) is 10.0 Å². The van der Waals surface area contributed by atoms with E-state index in [-0.39, 0.29) is 5.91 Å². The standard InChI is InChI=1S/C23H28Cl2N4O/c24-17-5-7-21(20(13-17)23(30)28-22-8-6-18(25)15-27-22)26-14-16-9-11-29(12-10-16)19-3-1-2-4-19/h5-8,13,15-16,19,26H,1-4,9-12,14H2,(H,27,28,30). The molecule has 5 nitrogen and oxygen atoms in total. The van der Waals surface area contributed by atoms with Gasteiger partial charge in [0.05, 0.1) is 10.6 Å². The van der Waals surface area contributed by atoms with Gasteiger partial charge in [-0.2, -0.15) is 0 Å². The molecule has 2 heterocycles. The molecule has 160 valence electrons. The highest BCUT2D eigenvalue weighted by molar-refractivity contribution is 6.31. The number of aromatic nitrogens is 1. The molecule has 2 aromatic rings. The van der Waals surface area contributed by atoms with Crippen LogP contribution in [0.4, 0.5) is 11.5 Å². The molecule has 0 unspecified atom stereocenters. The number of nitrogens with zero attached hydrogens (tertiary/aromatic N) is 2. The number of hydrogen-bond donors (Lipinski definition) is 2. The molecule has 1 amide bonds. The van der Waals surface area contributed by atoms with Gasteiger partial charge in [0, 0.05) is 29.5 Å². The summed E-state index contributed by atoms with van der Waals surface area (Å²) in [6.07, 6.45) is 9.42. The van der Waals surface area contributed by atoms with Crippen LogP contribution in [0.3, 0.4) is 0 Å². The number of carbonyl (C=O) groups excluding carboxylic acids is 1. The highest BCUT2D eigenvalue weighted by Crippen LogP contribution is 2.29. The molecular formula is C23H28Cl2N4O. The van der Waals surface area contributed by atoms with Crippen LogP contribution in [-0.2, 0) is 0 Å². The lowest BCUT2D eigenvalue weighted by molar-refractivity contribution is 0.102. The minimum Gasteiger partial charge on any atom is -0.384 e. The number of hydrogen-bond acceptors (Lipinski definition) is 4. The van der Waals surface area contributed by atoms with E-state index in [4.69, 9.17) is 23.2 Å². The Balaban J connectivity index is 1.35. The zero-order chi connectivity index (χ0) is 20.9. The summed E-state index contributed by atoms with van der Waals surface area (Å²) in [7, 11) is 0. The van der Waals surface area contributed by atoms with Crippen LogP contribution in [-0.4, -0.2) is 41.5 Å². The number of amides is 1. The lowest BCUT2D eigenvalue weighted by atomic mass is 9.95. The quantitative estimate of drug-likeness (QED) is 0.596. The number of piperidine rings is 1. The Bertz CT molecular complexity index is 860. The van der Waals surface area contributed by atoms with Crippen molar-refractivity contribution in [3.05, 3.63) is 52.1 Å². The third-order valence-electron chi connectivity index (χ3n) is 6.27. The van der Waals surface area contributed by atoms with E-state index in [1.807, 2.05) is 12.1 Å². The molecule has 0 bridgehead atoms. The number of anilines is 2. The monoisotopic (exact) mass is 446 g/mol. The van der Waals surface area contributed by atoms with Crippen molar-refractivity contribution >= 4 is 40.6 Å². The third kappa shape index (κ3) is 5.45. The van der Waals surface area contributed by atoms with E-state index in [1.54, 1.807) is 18.2 Å². The number of benzene rings is 1. The van der Waals surface area contributed by atoms with E-state index in [2.05, 4.69) is 20.5 Å².